The lowest BCUT2D eigenvalue weighted by Crippen LogP contribution is -2.08. The third-order valence-corrected chi connectivity index (χ3v) is 3.86. The van der Waals surface area contributed by atoms with Crippen molar-refractivity contribution in [3.63, 3.8) is 0 Å². The number of nitro groups is 1. The highest BCUT2D eigenvalue weighted by molar-refractivity contribution is 9.10. The maximum atomic E-state index is 13.2. The van der Waals surface area contributed by atoms with E-state index in [-0.39, 0.29) is 17.5 Å². The van der Waals surface area contributed by atoms with Gasteiger partial charge >= 0.3 is 0 Å². The number of nitro benzene ring substituents is 1. The zero-order valence-electron chi connectivity index (χ0n) is 11.6. The largest absolute Gasteiger partial charge is 0.377 e. The van der Waals surface area contributed by atoms with Gasteiger partial charge in [0, 0.05) is 22.1 Å². The van der Waals surface area contributed by atoms with Crippen molar-refractivity contribution in [3.05, 3.63) is 67.9 Å². The highest BCUT2D eigenvalue weighted by Crippen LogP contribution is 2.33. The Morgan fingerprint density at radius 2 is 2.05 bits per heavy atom. The molecule has 0 saturated heterocycles. The van der Waals surface area contributed by atoms with Gasteiger partial charge in [0.15, 0.2) is 0 Å². The fraction of sp³-hybridized carbons (Fsp3) is 0.200. The molecule has 110 valence electrons. The number of anilines is 1. The summed E-state index contributed by atoms with van der Waals surface area (Å²) < 4.78 is 14.0. The fourth-order valence-corrected chi connectivity index (χ4v) is 2.63. The summed E-state index contributed by atoms with van der Waals surface area (Å²) in [6.45, 7) is 3.55. The van der Waals surface area contributed by atoms with Gasteiger partial charge in [0.25, 0.3) is 5.69 Å². The van der Waals surface area contributed by atoms with Gasteiger partial charge in [0.2, 0.25) is 0 Å². The van der Waals surface area contributed by atoms with E-state index in [1.165, 1.54) is 18.2 Å². The predicted molar refractivity (Wildman–Crippen MR) is 84.0 cm³/mol. The van der Waals surface area contributed by atoms with E-state index in [4.69, 9.17) is 0 Å². The van der Waals surface area contributed by atoms with Gasteiger partial charge in [-0.3, -0.25) is 10.1 Å². The first-order chi connectivity index (χ1) is 9.88. The number of aryl methyl sites for hydroxylation is 1. The summed E-state index contributed by atoms with van der Waals surface area (Å²) in [5.41, 5.74) is 2.00. The van der Waals surface area contributed by atoms with Crippen LogP contribution >= 0.6 is 15.9 Å². The van der Waals surface area contributed by atoms with Crippen molar-refractivity contribution in [2.24, 2.45) is 0 Å². The summed E-state index contributed by atoms with van der Waals surface area (Å²) in [5, 5.41) is 14.2. The molecule has 21 heavy (non-hydrogen) atoms. The molecule has 0 spiro atoms. The Morgan fingerprint density at radius 3 is 2.67 bits per heavy atom. The first-order valence-electron chi connectivity index (χ1n) is 6.35. The smallest absolute Gasteiger partial charge is 0.274 e. The summed E-state index contributed by atoms with van der Waals surface area (Å²) in [6, 6.07) is 9.25. The second-order valence-electron chi connectivity index (χ2n) is 4.80. The molecule has 0 radical (unpaired) electrons. The fourth-order valence-electron chi connectivity index (χ4n) is 2.06. The molecule has 0 bridgehead atoms. The Morgan fingerprint density at radius 1 is 1.33 bits per heavy atom. The molecular formula is C15H14BrFN2O2. The number of nitrogens with zero attached hydrogens (tertiary/aromatic N) is 1. The Balaban J connectivity index is 2.31. The maximum Gasteiger partial charge on any atom is 0.274 e. The Kier molecular flexibility index (Phi) is 4.57. The quantitative estimate of drug-likeness (QED) is 0.623. The van der Waals surface area contributed by atoms with Crippen LogP contribution in [0.3, 0.4) is 0 Å². The molecule has 2 aromatic rings. The zero-order valence-corrected chi connectivity index (χ0v) is 13.1. The summed E-state index contributed by atoms with van der Waals surface area (Å²) in [5.74, 6) is -0.310. The average molecular weight is 353 g/mol. The SMILES string of the molecule is Cc1cc(Br)c(NC(C)c2cccc(F)c2)cc1[N+](=O)[O-]. The molecule has 1 atom stereocenters. The average Bonchev–Trinajstić information content (AvgIpc) is 2.41. The molecule has 2 rings (SSSR count). The second kappa shape index (κ2) is 6.22. The van der Waals surface area contributed by atoms with Gasteiger partial charge in [-0.1, -0.05) is 12.1 Å². The minimum Gasteiger partial charge on any atom is -0.377 e. The number of nitrogens with one attached hydrogen (secondary N) is 1. The molecule has 0 aliphatic heterocycles. The van der Waals surface area contributed by atoms with Crippen molar-refractivity contribution in [2.45, 2.75) is 19.9 Å². The van der Waals surface area contributed by atoms with Crippen molar-refractivity contribution in [3.8, 4) is 0 Å². The van der Waals surface area contributed by atoms with E-state index in [9.17, 15) is 14.5 Å². The van der Waals surface area contributed by atoms with Gasteiger partial charge in [0.05, 0.1) is 10.6 Å². The standard InChI is InChI=1S/C15H14BrFN2O2/c1-9-6-13(16)14(8-15(9)19(20)21)18-10(2)11-4-3-5-12(17)7-11/h3-8,10,18H,1-2H3. The molecule has 1 unspecified atom stereocenters. The Bertz CT molecular complexity index is 691. The predicted octanol–water partition coefficient (Wildman–Crippen LogP) is 4.98. The molecule has 2 aromatic carbocycles. The Hall–Kier alpha value is -1.95. The van der Waals surface area contributed by atoms with Crippen LogP contribution in [0.5, 0.6) is 0 Å². The number of halogens is 2. The number of hydrogen-bond donors (Lipinski definition) is 1. The van der Waals surface area contributed by atoms with E-state index >= 15 is 0 Å². The van der Waals surface area contributed by atoms with Crippen molar-refractivity contribution < 1.29 is 9.31 Å². The van der Waals surface area contributed by atoms with Crippen LogP contribution in [0.4, 0.5) is 15.8 Å². The summed E-state index contributed by atoms with van der Waals surface area (Å²) in [4.78, 5) is 10.6. The van der Waals surface area contributed by atoms with Gasteiger partial charge in [0.1, 0.15) is 5.82 Å². The number of hydrogen-bond acceptors (Lipinski definition) is 3. The highest BCUT2D eigenvalue weighted by Gasteiger charge is 2.16. The lowest BCUT2D eigenvalue weighted by Gasteiger charge is -2.17. The summed E-state index contributed by atoms with van der Waals surface area (Å²) in [7, 11) is 0. The van der Waals surface area contributed by atoms with Crippen LogP contribution in [0.1, 0.15) is 24.1 Å². The van der Waals surface area contributed by atoms with Crippen LogP contribution < -0.4 is 5.32 Å². The molecular weight excluding hydrogens is 339 g/mol. The Labute approximate surface area is 130 Å². The first-order valence-corrected chi connectivity index (χ1v) is 7.14. The number of benzene rings is 2. The normalized spacial score (nSPS) is 12.0. The lowest BCUT2D eigenvalue weighted by atomic mass is 10.1. The molecule has 0 aliphatic carbocycles. The molecule has 6 heteroatoms. The van der Waals surface area contributed by atoms with Crippen LogP contribution in [0.25, 0.3) is 0 Å². The third-order valence-electron chi connectivity index (χ3n) is 3.20. The van der Waals surface area contributed by atoms with Crippen LogP contribution in [0.2, 0.25) is 0 Å². The van der Waals surface area contributed by atoms with Crippen molar-refractivity contribution in [1.29, 1.82) is 0 Å². The third kappa shape index (κ3) is 3.58. The van der Waals surface area contributed by atoms with Gasteiger partial charge in [-0.15, -0.1) is 0 Å². The molecule has 4 nitrogen and oxygen atoms in total. The van der Waals surface area contributed by atoms with E-state index in [2.05, 4.69) is 21.2 Å². The molecule has 0 heterocycles. The van der Waals surface area contributed by atoms with E-state index in [0.717, 1.165) is 10.0 Å². The van der Waals surface area contributed by atoms with Gasteiger partial charge in [-0.25, -0.2) is 4.39 Å². The molecule has 1 N–H and O–H groups in total. The summed E-state index contributed by atoms with van der Waals surface area (Å²) in [6.07, 6.45) is 0. The first kappa shape index (κ1) is 15.4. The molecule has 0 aliphatic rings. The zero-order chi connectivity index (χ0) is 15.6. The molecule has 0 amide bonds. The van der Waals surface area contributed by atoms with Crippen LogP contribution in [-0.4, -0.2) is 4.92 Å². The van der Waals surface area contributed by atoms with Crippen LogP contribution in [-0.2, 0) is 0 Å². The molecule has 0 saturated carbocycles. The number of rotatable bonds is 4. The van der Waals surface area contributed by atoms with Crippen LogP contribution in [0.15, 0.2) is 40.9 Å². The van der Waals surface area contributed by atoms with E-state index in [1.54, 1.807) is 25.1 Å². The van der Waals surface area contributed by atoms with Crippen LogP contribution in [0, 0.1) is 22.9 Å². The monoisotopic (exact) mass is 352 g/mol. The van der Waals surface area contributed by atoms with E-state index < -0.39 is 4.92 Å². The van der Waals surface area contributed by atoms with Gasteiger partial charge in [-0.2, -0.15) is 0 Å². The minimum atomic E-state index is -0.417. The van der Waals surface area contributed by atoms with Gasteiger partial charge < -0.3 is 5.32 Å². The lowest BCUT2D eigenvalue weighted by molar-refractivity contribution is -0.385. The molecule has 0 aromatic heterocycles. The van der Waals surface area contributed by atoms with Crippen molar-refractivity contribution in [1.82, 2.24) is 0 Å². The van der Waals surface area contributed by atoms with E-state index in [1.807, 2.05) is 6.92 Å². The topological polar surface area (TPSA) is 55.2 Å². The van der Waals surface area contributed by atoms with Crippen molar-refractivity contribution >= 4 is 27.3 Å². The maximum absolute atomic E-state index is 13.2. The summed E-state index contributed by atoms with van der Waals surface area (Å²) >= 11 is 3.39. The van der Waals surface area contributed by atoms with E-state index in [0.29, 0.717) is 11.3 Å². The second-order valence-corrected chi connectivity index (χ2v) is 5.65. The van der Waals surface area contributed by atoms with Crippen molar-refractivity contribution in [2.75, 3.05) is 5.32 Å². The van der Waals surface area contributed by atoms with Gasteiger partial charge in [-0.05, 0) is 53.5 Å². The highest BCUT2D eigenvalue weighted by atomic mass is 79.9. The minimum absolute atomic E-state index is 0.0483. The molecule has 0 fully saturated rings.